The van der Waals surface area contributed by atoms with Gasteiger partial charge in [-0.1, -0.05) is 41.4 Å². The third-order valence-corrected chi connectivity index (χ3v) is 4.43. The molecule has 0 radical (unpaired) electrons. The van der Waals surface area contributed by atoms with Gasteiger partial charge in [-0.25, -0.2) is 4.68 Å². The van der Waals surface area contributed by atoms with Gasteiger partial charge in [0, 0.05) is 17.3 Å². The summed E-state index contributed by atoms with van der Waals surface area (Å²) in [5.41, 5.74) is 2.21. The molecule has 0 aliphatic carbocycles. The first kappa shape index (κ1) is 13.6. The quantitative estimate of drug-likeness (QED) is 0.779. The lowest BCUT2D eigenvalue weighted by atomic mass is 10.1. The first-order valence-corrected chi connectivity index (χ1v) is 7.45. The highest BCUT2D eigenvalue weighted by atomic mass is 35.5. The van der Waals surface area contributed by atoms with Crippen LogP contribution < -0.4 is 0 Å². The standard InChI is InChI=1S/C14H10Cl2N2OS/c15-12-6-11(14(16)20-12)13(19)9-7-17-18(8-9)10-4-2-1-3-5-10/h1-8,13,19H. The maximum absolute atomic E-state index is 10.4. The van der Waals surface area contributed by atoms with Crippen molar-refractivity contribution in [2.24, 2.45) is 0 Å². The average molecular weight is 325 g/mol. The van der Waals surface area contributed by atoms with Crippen LogP contribution in [0.3, 0.4) is 0 Å². The Hall–Kier alpha value is -1.33. The highest BCUT2D eigenvalue weighted by Gasteiger charge is 2.18. The monoisotopic (exact) mass is 324 g/mol. The molecule has 6 heteroatoms. The first-order chi connectivity index (χ1) is 9.65. The number of aromatic nitrogens is 2. The minimum atomic E-state index is -0.830. The zero-order valence-electron chi connectivity index (χ0n) is 10.2. The van der Waals surface area contributed by atoms with Crippen LogP contribution in [0.25, 0.3) is 5.69 Å². The van der Waals surface area contributed by atoms with E-state index in [-0.39, 0.29) is 0 Å². The molecule has 0 amide bonds. The number of thiophene rings is 1. The molecule has 0 saturated carbocycles. The summed E-state index contributed by atoms with van der Waals surface area (Å²) in [5.74, 6) is 0. The van der Waals surface area contributed by atoms with Gasteiger partial charge in [0.15, 0.2) is 0 Å². The van der Waals surface area contributed by atoms with Crippen molar-refractivity contribution in [2.75, 3.05) is 0 Å². The molecule has 0 fully saturated rings. The third kappa shape index (κ3) is 2.60. The Morgan fingerprint density at radius 2 is 1.95 bits per heavy atom. The van der Waals surface area contributed by atoms with E-state index in [1.165, 1.54) is 11.3 Å². The molecule has 0 aliphatic rings. The van der Waals surface area contributed by atoms with Gasteiger partial charge < -0.3 is 5.11 Å². The smallest absolute Gasteiger partial charge is 0.109 e. The van der Waals surface area contributed by atoms with Gasteiger partial charge in [-0.15, -0.1) is 11.3 Å². The van der Waals surface area contributed by atoms with Gasteiger partial charge >= 0.3 is 0 Å². The lowest BCUT2D eigenvalue weighted by Gasteiger charge is -2.06. The summed E-state index contributed by atoms with van der Waals surface area (Å²) in [7, 11) is 0. The van der Waals surface area contributed by atoms with Gasteiger partial charge in [-0.2, -0.15) is 5.10 Å². The molecule has 1 N–H and O–H groups in total. The van der Waals surface area contributed by atoms with Crippen molar-refractivity contribution in [1.82, 2.24) is 9.78 Å². The van der Waals surface area contributed by atoms with Crippen LogP contribution in [0.2, 0.25) is 8.67 Å². The Labute approximate surface area is 130 Å². The second-order valence-electron chi connectivity index (χ2n) is 4.24. The number of aliphatic hydroxyl groups is 1. The fraction of sp³-hybridized carbons (Fsp3) is 0.0714. The lowest BCUT2D eigenvalue weighted by Crippen LogP contribution is -1.97. The Morgan fingerprint density at radius 3 is 2.60 bits per heavy atom. The highest BCUT2D eigenvalue weighted by Crippen LogP contribution is 2.37. The fourth-order valence-electron chi connectivity index (χ4n) is 1.92. The molecule has 2 heterocycles. The van der Waals surface area contributed by atoms with Gasteiger partial charge in [0.25, 0.3) is 0 Å². The SMILES string of the molecule is OC(c1cnn(-c2ccccc2)c1)c1cc(Cl)sc1Cl. The first-order valence-electron chi connectivity index (χ1n) is 5.88. The molecule has 3 rings (SSSR count). The predicted octanol–water partition coefficient (Wildman–Crippen LogP) is 4.32. The van der Waals surface area contributed by atoms with E-state index >= 15 is 0 Å². The van der Waals surface area contributed by atoms with Crippen LogP contribution >= 0.6 is 34.5 Å². The maximum Gasteiger partial charge on any atom is 0.109 e. The van der Waals surface area contributed by atoms with Crippen molar-refractivity contribution in [3.63, 3.8) is 0 Å². The molecular weight excluding hydrogens is 315 g/mol. The summed E-state index contributed by atoms with van der Waals surface area (Å²) in [6.45, 7) is 0. The molecule has 20 heavy (non-hydrogen) atoms. The van der Waals surface area contributed by atoms with Gasteiger partial charge in [0.1, 0.15) is 10.4 Å². The van der Waals surface area contributed by atoms with Crippen LogP contribution in [0.4, 0.5) is 0 Å². The molecule has 102 valence electrons. The highest BCUT2D eigenvalue weighted by molar-refractivity contribution is 7.20. The van der Waals surface area contributed by atoms with Gasteiger partial charge in [-0.05, 0) is 18.2 Å². The van der Waals surface area contributed by atoms with E-state index in [1.54, 1.807) is 23.1 Å². The second-order valence-corrected chi connectivity index (χ2v) is 6.52. The van der Waals surface area contributed by atoms with E-state index in [0.29, 0.717) is 19.8 Å². The van der Waals surface area contributed by atoms with E-state index < -0.39 is 6.10 Å². The van der Waals surface area contributed by atoms with Gasteiger partial charge in [-0.3, -0.25) is 0 Å². The van der Waals surface area contributed by atoms with Crippen LogP contribution in [0, 0.1) is 0 Å². The summed E-state index contributed by atoms with van der Waals surface area (Å²) < 4.78 is 2.76. The lowest BCUT2D eigenvalue weighted by molar-refractivity contribution is 0.221. The van der Waals surface area contributed by atoms with Crippen LogP contribution in [0.15, 0.2) is 48.8 Å². The Kier molecular flexibility index (Phi) is 3.81. The summed E-state index contributed by atoms with van der Waals surface area (Å²) in [5, 5.41) is 14.6. The van der Waals surface area contributed by atoms with E-state index in [0.717, 1.165) is 5.69 Å². The molecule has 0 bridgehead atoms. The summed E-state index contributed by atoms with van der Waals surface area (Å²) in [4.78, 5) is 0. The molecule has 0 aliphatic heterocycles. The van der Waals surface area contributed by atoms with Crippen molar-refractivity contribution < 1.29 is 5.11 Å². The average Bonchev–Trinajstić information content (AvgIpc) is 3.06. The molecule has 0 spiro atoms. The molecule has 3 nitrogen and oxygen atoms in total. The second kappa shape index (κ2) is 5.58. The topological polar surface area (TPSA) is 38.1 Å². The number of aliphatic hydroxyl groups excluding tert-OH is 1. The third-order valence-electron chi connectivity index (χ3n) is 2.92. The van der Waals surface area contributed by atoms with Crippen molar-refractivity contribution in [2.45, 2.75) is 6.10 Å². The summed E-state index contributed by atoms with van der Waals surface area (Å²) in [6, 6.07) is 11.4. The Balaban J connectivity index is 1.92. The van der Waals surface area contributed by atoms with E-state index in [2.05, 4.69) is 5.10 Å². The van der Waals surface area contributed by atoms with Gasteiger partial charge in [0.05, 0.1) is 16.2 Å². The molecular formula is C14H10Cl2N2OS. The van der Waals surface area contributed by atoms with Crippen LogP contribution in [-0.4, -0.2) is 14.9 Å². The number of para-hydroxylation sites is 1. The van der Waals surface area contributed by atoms with E-state index in [1.807, 2.05) is 30.3 Å². The minimum Gasteiger partial charge on any atom is -0.383 e. The van der Waals surface area contributed by atoms with Crippen molar-refractivity contribution in [3.05, 3.63) is 68.6 Å². The van der Waals surface area contributed by atoms with Crippen molar-refractivity contribution >= 4 is 34.5 Å². The molecule has 1 aromatic carbocycles. The number of hydrogen-bond donors (Lipinski definition) is 1. The largest absolute Gasteiger partial charge is 0.383 e. The van der Waals surface area contributed by atoms with Crippen LogP contribution in [0.1, 0.15) is 17.2 Å². The minimum absolute atomic E-state index is 0.495. The number of hydrogen-bond acceptors (Lipinski definition) is 3. The normalized spacial score (nSPS) is 12.6. The fourth-order valence-corrected chi connectivity index (χ4v) is 3.44. The molecule has 3 aromatic rings. The Bertz CT molecular complexity index is 724. The zero-order valence-corrected chi connectivity index (χ0v) is 12.5. The number of benzene rings is 1. The van der Waals surface area contributed by atoms with E-state index in [4.69, 9.17) is 23.2 Å². The number of halogens is 2. The molecule has 1 unspecified atom stereocenters. The predicted molar refractivity (Wildman–Crippen MR) is 82.0 cm³/mol. The maximum atomic E-state index is 10.4. The summed E-state index contributed by atoms with van der Waals surface area (Å²) in [6.07, 6.45) is 2.57. The van der Waals surface area contributed by atoms with Crippen LogP contribution in [0.5, 0.6) is 0 Å². The Morgan fingerprint density at radius 1 is 1.20 bits per heavy atom. The van der Waals surface area contributed by atoms with Crippen LogP contribution in [-0.2, 0) is 0 Å². The van der Waals surface area contributed by atoms with E-state index in [9.17, 15) is 5.11 Å². The van der Waals surface area contributed by atoms with Gasteiger partial charge in [0.2, 0.25) is 0 Å². The van der Waals surface area contributed by atoms with Crippen molar-refractivity contribution in [1.29, 1.82) is 0 Å². The molecule has 2 aromatic heterocycles. The van der Waals surface area contributed by atoms with Crippen molar-refractivity contribution in [3.8, 4) is 5.69 Å². The molecule has 0 saturated heterocycles. The summed E-state index contributed by atoms with van der Waals surface area (Å²) >= 11 is 13.2. The molecule has 1 atom stereocenters. The number of rotatable bonds is 3. The number of nitrogens with zero attached hydrogens (tertiary/aromatic N) is 2. The zero-order chi connectivity index (χ0) is 14.1.